The van der Waals surface area contributed by atoms with Crippen LogP contribution in [0.2, 0.25) is 5.02 Å². The summed E-state index contributed by atoms with van der Waals surface area (Å²) in [6.45, 7) is 6.94. The van der Waals surface area contributed by atoms with Crippen molar-refractivity contribution in [2.45, 2.75) is 39.0 Å². The molecule has 31 heavy (non-hydrogen) atoms. The van der Waals surface area contributed by atoms with E-state index in [2.05, 4.69) is 35.2 Å². The zero-order valence-electron chi connectivity index (χ0n) is 18.2. The molecule has 1 saturated carbocycles. The third-order valence-corrected chi connectivity index (χ3v) is 7.50. The van der Waals surface area contributed by atoms with E-state index in [-0.39, 0.29) is 5.92 Å². The average molecular weight is 442 g/mol. The molecule has 5 nitrogen and oxygen atoms in total. The van der Waals surface area contributed by atoms with Gasteiger partial charge in [0.25, 0.3) is 5.79 Å². The van der Waals surface area contributed by atoms with Gasteiger partial charge in [-0.25, -0.2) is 4.79 Å². The predicted molar refractivity (Wildman–Crippen MR) is 119 cm³/mol. The lowest BCUT2D eigenvalue weighted by atomic mass is 9.79. The van der Waals surface area contributed by atoms with Gasteiger partial charge in [-0.3, -0.25) is 4.90 Å². The van der Waals surface area contributed by atoms with Crippen molar-refractivity contribution in [1.29, 1.82) is 0 Å². The number of benzene rings is 2. The van der Waals surface area contributed by atoms with Crippen molar-refractivity contribution in [3.63, 3.8) is 0 Å². The summed E-state index contributed by atoms with van der Waals surface area (Å²) in [7, 11) is 1.37. The second kappa shape index (κ2) is 7.72. The lowest BCUT2D eigenvalue weighted by molar-refractivity contribution is -0.149. The lowest BCUT2D eigenvalue weighted by Gasteiger charge is -2.44. The number of fused-ring (bicyclic) bond motifs is 3. The molecular weight excluding hydrogens is 414 g/mol. The van der Waals surface area contributed by atoms with E-state index >= 15 is 0 Å². The van der Waals surface area contributed by atoms with Crippen molar-refractivity contribution < 1.29 is 19.0 Å². The first kappa shape index (κ1) is 20.7. The summed E-state index contributed by atoms with van der Waals surface area (Å²) in [5, 5.41) is 0.388. The fourth-order valence-corrected chi connectivity index (χ4v) is 6.18. The van der Waals surface area contributed by atoms with Crippen LogP contribution >= 0.6 is 11.6 Å². The summed E-state index contributed by atoms with van der Waals surface area (Å²) >= 11 is 6.49. The van der Waals surface area contributed by atoms with Crippen LogP contribution in [0.15, 0.2) is 36.4 Å². The number of methoxy groups -OCH3 is 1. The Morgan fingerprint density at radius 1 is 1.16 bits per heavy atom. The number of halogens is 1. The molecule has 2 heterocycles. The van der Waals surface area contributed by atoms with Crippen molar-refractivity contribution in [1.82, 2.24) is 4.90 Å². The molecule has 6 heteroatoms. The van der Waals surface area contributed by atoms with Crippen LogP contribution in [-0.4, -0.2) is 36.9 Å². The number of esters is 1. The number of carbonyl (C=O) groups excluding carboxylic acids is 1. The van der Waals surface area contributed by atoms with Crippen LogP contribution in [-0.2, 0) is 11.3 Å². The highest BCUT2D eigenvalue weighted by Crippen LogP contribution is 2.56. The smallest absolute Gasteiger partial charge is 0.338 e. The average Bonchev–Trinajstić information content (AvgIpc) is 3.27. The molecule has 0 radical (unpaired) electrons. The lowest BCUT2D eigenvalue weighted by Crippen LogP contribution is -2.54. The minimum atomic E-state index is -0.782. The van der Waals surface area contributed by atoms with Crippen LogP contribution in [0, 0.1) is 24.7 Å². The molecule has 2 aromatic rings. The van der Waals surface area contributed by atoms with Gasteiger partial charge >= 0.3 is 5.97 Å². The SMILES string of the molecule is COC(=O)c1cc(Cl)c2c(c1C)OC(C)(C1C3CCC1CN(Cc1ccccc1)C3)O2. The monoisotopic (exact) mass is 441 g/mol. The number of ether oxygens (including phenoxy) is 3. The maximum absolute atomic E-state index is 12.2. The molecule has 1 saturated heterocycles. The van der Waals surface area contributed by atoms with Crippen LogP contribution in [0.25, 0.3) is 0 Å². The van der Waals surface area contributed by atoms with Crippen molar-refractivity contribution in [3.05, 3.63) is 58.1 Å². The summed E-state index contributed by atoms with van der Waals surface area (Å²) in [6, 6.07) is 12.3. The Labute approximate surface area is 188 Å². The number of rotatable bonds is 4. The molecule has 1 aliphatic carbocycles. The van der Waals surface area contributed by atoms with E-state index in [1.165, 1.54) is 25.5 Å². The Morgan fingerprint density at radius 3 is 2.45 bits per heavy atom. The number of carbonyl (C=O) groups is 1. The summed E-state index contributed by atoms with van der Waals surface area (Å²) in [5.41, 5.74) is 2.48. The van der Waals surface area contributed by atoms with Crippen LogP contribution < -0.4 is 9.47 Å². The van der Waals surface area contributed by atoms with E-state index in [0.29, 0.717) is 39.5 Å². The standard InChI is InChI=1S/C25H28ClNO4/c1-15-19(24(28)29-3)11-20(26)23-22(15)30-25(2,31-23)21-17-9-10-18(21)14-27(13-17)12-16-7-5-4-6-8-16/h4-8,11,17-18,21H,9-10,12-14H2,1-3H3. The van der Waals surface area contributed by atoms with E-state index in [1.54, 1.807) is 6.07 Å². The number of hydrogen-bond donors (Lipinski definition) is 0. The van der Waals surface area contributed by atoms with Gasteiger partial charge in [0, 0.05) is 38.0 Å². The fourth-order valence-electron chi connectivity index (χ4n) is 5.95. The molecule has 3 atom stereocenters. The summed E-state index contributed by atoms with van der Waals surface area (Å²) in [6.07, 6.45) is 2.36. The Balaban J connectivity index is 1.38. The Bertz CT molecular complexity index is 996. The molecule has 3 aliphatic rings. The molecule has 2 aromatic carbocycles. The largest absolute Gasteiger partial charge is 0.465 e. The van der Waals surface area contributed by atoms with Gasteiger partial charge in [-0.1, -0.05) is 41.9 Å². The van der Waals surface area contributed by atoms with Crippen LogP contribution in [0.3, 0.4) is 0 Å². The van der Waals surface area contributed by atoms with Gasteiger partial charge in [0.2, 0.25) is 0 Å². The van der Waals surface area contributed by atoms with Crippen LogP contribution in [0.4, 0.5) is 0 Å². The highest BCUT2D eigenvalue weighted by molar-refractivity contribution is 6.32. The first-order chi connectivity index (χ1) is 14.9. The molecule has 5 rings (SSSR count). The molecular formula is C25H28ClNO4. The van der Waals surface area contributed by atoms with Crippen molar-refractivity contribution >= 4 is 17.6 Å². The van der Waals surface area contributed by atoms with Gasteiger partial charge in [-0.15, -0.1) is 0 Å². The first-order valence-electron chi connectivity index (χ1n) is 11.0. The predicted octanol–water partition coefficient (Wildman–Crippen LogP) is 5.08. The summed E-state index contributed by atoms with van der Waals surface area (Å²) in [4.78, 5) is 14.7. The topological polar surface area (TPSA) is 48.0 Å². The molecule has 0 spiro atoms. The number of hydrogen-bond acceptors (Lipinski definition) is 5. The number of likely N-dealkylation sites (tertiary alicyclic amines) is 1. The van der Waals surface area contributed by atoms with E-state index in [0.717, 1.165) is 19.6 Å². The van der Waals surface area contributed by atoms with E-state index in [4.69, 9.17) is 25.8 Å². The number of nitrogens with zero attached hydrogens (tertiary/aromatic N) is 1. The molecule has 2 fully saturated rings. The minimum Gasteiger partial charge on any atom is -0.465 e. The van der Waals surface area contributed by atoms with Crippen molar-refractivity contribution in [3.8, 4) is 11.5 Å². The Kier molecular flexibility index (Phi) is 5.14. The zero-order valence-corrected chi connectivity index (χ0v) is 18.9. The first-order valence-corrected chi connectivity index (χ1v) is 11.3. The highest BCUT2D eigenvalue weighted by Gasteiger charge is 2.56. The molecule has 2 aliphatic heterocycles. The van der Waals surface area contributed by atoms with Gasteiger partial charge in [0.15, 0.2) is 11.5 Å². The van der Waals surface area contributed by atoms with Gasteiger partial charge in [-0.2, -0.15) is 0 Å². The van der Waals surface area contributed by atoms with Gasteiger partial charge in [0.1, 0.15) is 0 Å². The molecule has 3 unspecified atom stereocenters. The molecule has 0 aromatic heterocycles. The second-order valence-corrected chi connectivity index (χ2v) is 9.61. The van der Waals surface area contributed by atoms with Gasteiger partial charge in [-0.05, 0) is 43.2 Å². The van der Waals surface area contributed by atoms with Crippen molar-refractivity contribution in [2.24, 2.45) is 17.8 Å². The Morgan fingerprint density at radius 2 is 1.81 bits per heavy atom. The normalized spacial score (nSPS) is 29.2. The Hall–Kier alpha value is -2.24. The van der Waals surface area contributed by atoms with E-state index < -0.39 is 11.8 Å². The highest BCUT2D eigenvalue weighted by atomic mass is 35.5. The third-order valence-electron chi connectivity index (χ3n) is 7.22. The fraction of sp³-hybridized carbons (Fsp3) is 0.480. The minimum absolute atomic E-state index is 0.281. The maximum Gasteiger partial charge on any atom is 0.338 e. The molecule has 2 bridgehead atoms. The molecule has 164 valence electrons. The molecule has 0 N–H and O–H groups in total. The third kappa shape index (κ3) is 3.48. The van der Waals surface area contributed by atoms with Crippen LogP contribution in [0.1, 0.15) is 41.3 Å². The quantitative estimate of drug-likeness (QED) is 0.619. The zero-order chi connectivity index (χ0) is 21.8. The molecule has 0 amide bonds. The van der Waals surface area contributed by atoms with Gasteiger partial charge < -0.3 is 14.2 Å². The summed E-state index contributed by atoms with van der Waals surface area (Å²) in [5.74, 6) is 1.19. The van der Waals surface area contributed by atoms with Crippen LogP contribution in [0.5, 0.6) is 11.5 Å². The maximum atomic E-state index is 12.2. The van der Waals surface area contributed by atoms with Crippen molar-refractivity contribution in [2.75, 3.05) is 20.2 Å². The van der Waals surface area contributed by atoms with Gasteiger partial charge in [0.05, 0.1) is 17.7 Å². The summed E-state index contributed by atoms with van der Waals surface area (Å²) < 4.78 is 17.8. The second-order valence-electron chi connectivity index (χ2n) is 9.20. The van der Waals surface area contributed by atoms with E-state index in [1.807, 2.05) is 13.8 Å². The van der Waals surface area contributed by atoms with E-state index in [9.17, 15) is 4.79 Å². The number of piperidine rings is 1.